The SMILES string of the molecule is CCN1CCC(NC(=O)C2CCNC2)CC1. The molecule has 16 heavy (non-hydrogen) atoms. The molecule has 0 aliphatic carbocycles. The summed E-state index contributed by atoms with van der Waals surface area (Å²) in [7, 11) is 0. The Hall–Kier alpha value is -0.610. The Kier molecular flexibility index (Phi) is 4.18. The van der Waals surface area contributed by atoms with E-state index in [4.69, 9.17) is 0 Å². The van der Waals surface area contributed by atoms with Crippen LogP contribution in [0.1, 0.15) is 26.2 Å². The summed E-state index contributed by atoms with van der Waals surface area (Å²) in [6.45, 7) is 7.44. The molecule has 0 aromatic carbocycles. The summed E-state index contributed by atoms with van der Waals surface area (Å²) in [6.07, 6.45) is 3.22. The van der Waals surface area contributed by atoms with Crippen LogP contribution in [-0.2, 0) is 4.79 Å². The van der Waals surface area contributed by atoms with E-state index in [0.717, 1.165) is 52.0 Å². The Bertz CT molecular complexity index is 230. The van der Waals surface area contributed by atoms with Crippen LogP contribution in [0.3, 0.4) is 0 Å². The lowest BCUT2D eigenvalue weighted by Crippen LogP contribution is -2.46. The molecule has 4 nitrogen and oxygen atoms in total. The topological polar surface area (TPSA) is 44.4 Å². The van der Waals surface area contributed by atoms with E-state index >= 15 is 0 Å². The molecule has 2 N–H and O–H groups in total. The van der Waals surface area contributed by atoms with Gasteiger partial charge < -0.3 is 15.5 Å². The van der Waals surface area contributed by atoms with Crippen LogP contribution in [0.2, 0.25) is 0 Å². The van der Waals surface area contributed by atoms with Gasteiger partial charge in [0, 0.05) is 25.7 Å². The summed E-state index contributed by atoms with van der Waals surface area (Å²) in [5.74, 6) is 0.476. The Morgan fingerprint density at radius 1 is 1.38 bits per heavy atom. The highest BCUT2D eigenvalue weighted by molar-refractivity contribution is 5.79. The maximum absolute atomic E-state index is 11.9. The van der Waals surface area contributed by atoms with Crippen molar-refractivity contribution in [2.75, 3.05) is 32.7 Å². The highest BCUT2D eigenvalue weighted by Crippen LogP contribution is 2.12. The third-order valence-electron chi connectivity index (χ3n) is 3.81. The number of carbonyl (C=O) groups is 1. The van der Waals surface area contributed by atoms with Gasteiger partial charge in [0.15, 0.2) is 0 Å². The third kappa shape index (κ3) is 2.95. The monoisotopic (exact) mass is 225 g/mol. The molecule has 2 aliphatic heterocycles. The van der Waals surface area contributed by atoms with Gasteiger partial charge in [0.1, 0.15) is 0 Å². The van der Waals surface area contributed by atoms with Crippen molar-refractivity contribution in [3.63, 3.8) is 0 Å². The molecule has 4 heteroatoms. The van der Waals surface area contributed by atoms with Gasteiger partial charge in [0.05, 0.1) is 5.92 Å². The lowest BCUT2D eigenvalue weighted by atomic mass is 10.0. The van der Waals surface area contributed by atoms with Gasteiger partial charge in [-0.1, -0.05) is 6.92 Å². The lowest BCUT2D eigenvalue weighted by Gasteiger charge is -2.31. The minimum atomic E-state index is 0.212. The minimum absolute atomic E-state index is 0.212. The van der Waals surface area contributed by atoms with Crippen LogP contribution in [-0.4, -0.2) is 49.6 Å². The smallest absolute Gasteiger partial charge is 0.224 e. The highest BCUT2D eigenvalue weighted by atomic mass is 16.2. The van der Waals surface area contributed by atoms with Gasteiger partial charge in [-0.15, -0.1) is 0 Å². The molecule has 92 valence electrons. The summed E-state index contributed by atoms with van der Waals surface area (Å²) in [6, 6.07) is 0.413. The predicted molar refractivity (Wildman–Crippen MR) is 64.3 cm³/mol. The van der Waals surface area contributed by atoms with E-state index in [1.807, 2.05) is 0 Å². The zero-order valence-corrected chi connectivity index (χ0v) is 10.2. The Balaban J connectivity index is 1.71. The summed E-state index contributed by atoms with van der Waals surface area (Å²) in [5.41, 5.74) is 0. The molecule has 2 heterocycles. The number of carbonyl (C=O) groups excluding carboxylic acids is 1. The molecule has 2 rings (SSSR count). The highest BCUT2D eigenvalue weighted by Gasteiger charge is 2.26. The molecular formula is C12H23N3O. The second-order valence-electron chi connectivity index (χ2n) is 4.91. The van der Waals surface area contributed by atoms with Gasteiger partial charge in [-0.25, -0.2) is 0 Å². The van der Waals surface area contributed by atoms with E-state index in [2.05, 4.69) is 22.5 Å². The molecule has 0 radical (unpaired) electrons. The van der Waals surface area contributed by atoms with E-state index < -0.39 is 0 Å². The van der Waals surface area contributed by atoms with Crippen LogP contribution in [0.4, 0.5) is 0 Å². The Labute approximate surface area is 97.8 Å². The van der Waals surface area contributed by atoms with Crippen molar-refractivity contribution < 1.29 is 4.79 Å². The van der Waals surface area contributed by atoms with Crippen molar-refractivity contribution in [3.8, 4) is 0 Å². The first kappa shape index (κ1) is 11.9. The maximum Gasteiger partial charge on any atom is 0.224 e. The van der Waals surface area contributed by atoms with E-state index in [1.54, 1.807) is 0 Å². The van der Waals surface area contributed by atoms with Gasteiger partial charge in [0.2, 0.25) is 5.91 Å². The molecular weight excluding hydrogens is 202 g/mol. The number of nitrogens with zero attached hydrogens (tertiary/aromatic N) is 1. The molecule has 2 fully saturated rings. The zero-order chi connectivity index (χ0) is 11.4. The quantitative estimate of drug-likeness (QED) is 0.721. The van der Waals surface area contributed by atoms with Crippen LogP contribution in [0.15, 0.2) is 0 Å². The van der Waals surface area contributed by atoms with Gasteiger partial charge in [-0.05, 0) is 32.4 Å². The third-order valence-corrected chi connectivity index (χ3v) is 3.81. The second kappa shape index (κ2) is 5.64. The molecule has 1 atom stereocenters. The molecule has 0 saturated carbocycles. The number of amides is 1. The summed E-state index contributed by atoms with van der Waals surface area (Å²) in [4.78, 5) is 14.3. The van der Waals surface area contributed by atoms with Gasteiger partial charge >= 0.3 is 0 Å². The van der Waals surface area contributed by atoms with E-state index in [0.29, 0.717) is 6.04 Å². The maximum atomic E-state index is 11.9. The fraction of sp³-hybridized carbons (Fsp3) is 0.917. The van der Waals surface area contributed by atoms with Gasteiger partial charge in [0.25, 0.3) is 0 Å². The molecule has 0 bridgehead atoms. The summed E-state index contributed by atoms with van der Waals surface area (Å²) >= 11 is 0. The number of nitrogens with one attached hydrogen (secondary N) is 2. The molecule has 2 saturated heterocycles. The average Bonchev–Trinajstić information content (AvgIpc) is 2.83. The molecule has 0 aromatic rings. The van der Waals surface area contributed by atoms with Crippen LogP contribution in [0, 0.1) is 5.92 Å². The second-order valence-corrected chi connectivity index (χ2v) is 4.91. The fourth-order valence-electron chi connectivity index (χ4n) is 2.59. The molecule has 0 spiro atoms. The van der Waals surface area contributed by atoms with Crippen molar-refractivity contribution in [2.45, 2.75) is 32.2 Å². The number of likely N-dealkylation sites (tertiary alicyclic amines) is 1. The largest absolute Gasteiger partial charge is 0.353 e. The van der Waals surface area contributed by atoms with Crippen molar-refractivity contribution in [1.82, 2.24) is 15.5 Å². The number of piperidine rings is 1. The first-order valence-corrected chi connectivity index (χ1v) is 6.53. The van der Waals surface area contributed by atoms with Gasteiger partial charge in [-0.2, -0.15) is 0 Å². The lowest BCUT2D eigenvalue weighted by molar-refractivity contribution is -0.125. The van der Waals surface area contributed by atoms with E-state index in [9.17, 15) is 4.79 Å². The number of hydrogen-bond acceptors (Lipinski definition) is 3. The molecule has 0 aromatic heterocycles. The van der Waals surface area contributed by atoms with Crippen LogP contribution >= 0.6 is 0 Å². The zero-order valence-electron chi connectivity index (χ0n) is 10.2. The van der Waals surface area contributed by atoms with Crippen LogP contribution in [0.5, 0.6) is 0 Å². The van der Waals surface area contributed by atoms with E-state index in [-0.39, 0.29) is 11.8 Å². The number of rotatable bonds is 3. The van der Waals surface area contributed by atoms with Crippen molar-refractivity contribution in [1.29, 1.82) is 0 Å². The molecule has 1 amide bonds. The Morgan fingerprint density at radius 3 is 2.69 bits per heavy atom. The summed E-state index contributed by atoms with van der Waals surface area (Å²) < 4.78 is 0. The normalized spacial score (nSPS) is 28.2. The fourth-order valence-corrected chi connectivity index (χ4v) is 2.59. The van der Waals surface area contributed by atoms with Crippen molar-refractivity contribution in [3.05, 3.63) is 0 Å². The molecule has 2 aliphatic rings. The van der Waals surface area contributed by atoms with Crippen molar-refractivity contribution in [2.24, 2.45) is 5.92 Å². The predicted octanol–water partition coefficient (Wildman–Crippen LogP) is 0.196. The average molecular weight is 225 g/mol. The Morgan fingerprint density at radius 2 is 2.12 bits per heavy atom. The standard InChI is InChI=1S/C12H23N3O/c1-2-15-7-4-11(5-8-15)14-12(16)10-3-6-13-9-10/h10-11,13H,2-9H2,1H3,(H,14,16). The summed E-state index contributed by atoms with van der Waals surface area (Å²) in [5, 5.41) is 6.44. The first-order valence-electron chi connectivity index (χ1n) is 6.53. The molecule has 1 unspecified atom stereocenters. The van der Waals surface area contributed by atoms with Gasteiger partial charge in [-0.3, -0.25) is 4.79 Å². The van der Waals surface area contributed by atoms with Crippen molar-refractivity contribution >= 4 is 5.91 Å². The van der Waals surface area contributed by atoms with Crippen LogP contribution in [0.25, 0.3) is 0 Å². The first-order chi connectivity index (χ1) is 7.79. The van der Waals surface area contributed by atoms with Crippen LogP contribution < -0.4 is 10.6 Å². The minimum Gasteiger partial charge on any atom is -0.353 e. The number of hydrogen-bond donors (Lipinski definition) is 2. The van der Waals surface area contributed by atoms with E-state index in [1.165, 1.54) is 0 Å².